The van der Waals surface area contributed by atoms with Crippen LogP contribution in [-0.2, 0) is 5.60 Å². The molecule has 7 heteroatoms. The molecule has 1 atom stereocenters. The van der Waals surface area contributed by atoms with E-state index in [4.69, 9.17) is 0 Å². The first-order valence-electron chi connectivity index (χ1n) is 9.57. The summed E-state index contributed by atoms with van der Waals surface area (Å²) in [6.45, 7) is 4.37. The lowest BCUT2D eigenvalue weighted by molar-refractivity contribution is -0.258. The van der Waals surface area contributed by atoms with Crippen LogP contribution in [0.15, 0.2) is 36.9 Å². The van der Waals surface area contributed by atoms with Crippen molar-refractivity contribution in [2.45, 2.75) is 74.9 Å². The Morgan fingerprint density at radius 3 is 2.07 bits per heavy atom. The van der Waals surface area contributed by atoms with Crippen molar-refractivity contribution in [3.05, 3.63) is 48.0 Å². The summed E-state index contributed by atoms with van der Waals surface area (Å²) in [4.78, 5) is 14.9. The molecular formula is C21H26F3NO3. The van der Waals surface area contributed by atoms with Crippen LogP contribution in [-0.4, -0.2) is 44.9 Å². The van der Waals surface area contributed by atoms with Crippen molar-refractivity contribution >= 4 is 5.91 Å². The van der Waals surface area contributed by atoms with Gasteiger partial charge in [-0.25, -0.2) is 0 Å². The zero-order valence-corrected chi connectivity index (χ0v) is 15.9. The van der Waals surface area contributed by atoms with E-state index in [1.54, 1.807) is 6.08 Å². The van der Waals surface area contributed by atoms with E-state index in [1.165, 1.54) is 12.1 Å². The predicted molar refractivity (Wildman–Crippen MR) is 98.7 cm³/mol. The highest BCUT2D eigenvalue weighted by atomic mass is 19.4. The number of halogens is 3. The lowest BCUT2D eigenvalue weighted by Crippen LogP contribution is -2.46. The Labute approximate surface area is 162 Å². The second-order valence-electron chi connectivity index (χ2n) is 8.13. The minimum absolute atomic E-state index is 0.00168. The molecule has 0 bridgehead atoms. The van der Waals surface area contributed by atoms with Crippen LogP contribution in [0.25, 0.3) is 0 Å². The quantitative estimate of drug-likeness (QED) is 0.741. The second kappa shape index (κ2) is 7.19. The first-order chi connectivity index (χ1) is 13.0. The van der Waals surface area contributed by atoms with Crippen molar-refractivity contribution in [2.24, 2.45) is 0 Å². The van der Waals surface area contributed by atoms with Crippen LogP contribution < -0.4 is 0 Å². The van der Waals surface area contributed by atoms with Gasteiger partial charge in [-0.15, -0.1) is 6.58 Å². The average molecular weight is 397 g/mol. The summed E-state index contributed by atoms with van der Waals surface area (Å²) in [5.41, 5.74) is -3.86. The third-order valence-corrected chi connectivity index (χ3v) is 6.02. The van der Waals surface area contributed by atoms with Gasteiger partial charge in [0.2, 0.25) is 0 Å². The monoisotopic (exact) mass is 397 g/mol. The lowest BCUT2D eigenvalue weighted by atomic mass is 9.81. The summed E-state index contributed by atoms with van der Waals surface area (Å²) in [6, 6.07) is 5.14. The Hall–Kier alpha value is -1.86. The molecule has 1 aromatic rings. The van der Waals surface area contributed by atoms with Gasteiger partial charge >= 0.3 is 6.18 Å². The molecule has 1 aromatic carbocycles. The van der Waals surface area contributed by atoms with Gasteiger partial charge in [-0.3, -0.25) is 4.79 Å². The molecule has 0 saturated heterocycles. The standard InChI is InChI=1S/C21H26F3NO3/c1-3-20(28)12-10-17(11-13-20)25(16-8-9-16)18(26)14-4-6-15(7-5-14)19(2,27)21(22,23)24/h3-7,16-17,27-28H,1,8-13H2,2H3/t17?,19-,20?/m0/s1. The summed E-state index contributed by atoms with van der Waals surface area (Å²) in [7, 11) is 0. The number of aliphatic hydroxyl groups is 2. The summed E-state index contributed by atoms with van der Waals surface area (Å²) in [5, 5.41) is 20.1. The van der Waals surface area contributed by atoms with Crippen molar-refractivity contribution in [1.82, 2.24) is 4.90 Å². The van der Waals surface area contributed by atoms with Crippen LogP contribution >= 0.6 is 0 Å². The van der Waals surface area contributed by atoms with E-state index in [9.17, 15) is 28.2 Å². The maximum absolute atomic E-state index is 13.1. The Balaban J connectivity index is 1.77. The van der Waals surface area contributed by atoms with Crippen molar-refractivity contribution in [1.29, 1.82) is 0 Å². The molecule has 0 radical (unpaired) electrons. The van der Waals surface area contributed by atoms with Crippen LogP contribution in [0.5, 0.6) is 0 Å². The fourth-order valence-corrected chi connectivity index (χ4v) is 3.82. The van der Waals surface area contributed by atoms with Crippen molar-refractivity contribution in [3.8, 4) is 0 Å². The zero-order valence-electron chi connectivity index (χ0n) is 15.9. The van der Waals surface area contributed by atoms with Crippen molar-refractivity contribution in [2.75, 3.05) is 0 Å². The Kier molecular flexibility index (Phi) is 5.36. The zero-order chi connectivity index (χ0) is 20.7. The summed E-state index contributed by atoms with van der Waals surface area (Å²) in [6.07, 6.45) is 0.956. The highest BCUT2D eigenvalue weighted by Crippen LogP contribution is 2.40. The molecule has 2 N–H and O–H groups in total. The maximum Gasteiger partial charge on any atom is 0.421 e. The van der Waals surface area contributed by atoms with Gasteiger partial charge in [0.15, 0.2) is 5.60 Å². The van der Waals surface area contributed by atoms with E-state index in [-0.39, 0.29) is 23.6 Å². The molecule has 2 aliphatic carbocycles. The molecule has 0 heterocycles. The van der Waals surface area contributed by atoms with Gasteiger partial charge in [-0.2, -0.15) is 13.2 Å². The molecule has 2 aliphatic rings. The minimum Gasteiger partial charge on any atom is -0.386 e. The van der Waals surface area contributed by atoms with E-state index < -0.39 is 17.4 Å². The maximum atomic E-state index is 13.1. The van der Waals surface area contributed by atoms with Crippen molar-refractivity contribution in [3.63, 3.8) is 0 Å². The number of carbonyl (C=O) groups is 1. The minimum atomic E-state index is -4.80. The average Bonchev–Trinajstić information content (AvgIpc) is 3.48. The number of nitrogens with zero attached hydrogens (tertiary/aromatic N) is 1. The van der Waals surface area contributed by atoms with Crippen LogP contribution in [0.3, 0.4) is 0 Å². The summed E-state index contributed by atoms with van der Waals surface area (Å²) in [5.74, 6) is -0.213. The first-order valence-corrected chi connectivity index (χ1v) is 9.57. The molecule has 0 spiro atoms. The molecule has 3 rings (SSSR count). The Morgan fingerprint density at radius 1 is 1.14 bits per heavy atom. The topological polar surface area (TPSA) is 60.8 Å². The van der Waals surface area contributed by atoms with E-state index in [0.717, 1.165) is 25.0 Å². The van der Waals surface area contributed by atoms with Gasteiger partial charge in [-0.05, 0) is 63.1 Å². The summed E-state index contributed by atoms with van der Waals surface area (Å²) < 4.78 is 39.0. The molecular weight excluding hydrogens is 371 g/mol. The third-order valence-electron chi connectivity index (χ3n) is 6.02. The van der Waals surface area contributed by atoms with E-state index in [0.29, 0.717) is 38.2 Å². The largest absolute Gasteiger partial charge is 0.421 e. The molecule has 0 aromatic heterocycles. The fourth-order valence-electron chi connectivity index (χ4n) is 3.82. The highest BCUT2D eigenvalue weighted by Gasteiger charge is 2.51. The smallest absolute Gasteiger partial charge is 0.386 e. The van der Waals surface area contributed by atoms with Crippen LogP contribution in [0.2, 0.25) is 0 Å². The summed E-state index contributed by atoms with van der Waals surface area (Å²) >= 11 is 0. The molecule has 0 aliphatic heterocycles. The molecule has 2 fully saturated rings. The SMILES string of the molecule is C=CC1(O)CCC(N(C(=O)c2ccc([C@](C)(O)C(F)(F)F)cc2)C2CC2)CC1. The number of amides is 1. The Bertz CT molecular complexity index is 730. The van der Waals surface area contributed by atoms with E-state index in [2.05, 4.69) is 6.58 Å². The van der Waals surface area contributed by atoms with Gasteiger partial charge < -0.3 is 15.1 Å². The Morgan fingerprint density at radius 2 is 1.64 bits per heavy atom. The fraction of sp³-hybridized carbons (Fsp3) is 0.571. The normalized spacial score (nSPS) is 27.7. The molecule has 0 unspecified atom stereocenters. The van der Waals surface area contributed by atoms with Gasteiger partial charge in [0, 0.05) is 17.6 Å². The van der Waals surface area contributed by atoms with Gasteiger partial charge in [0.05, 0.1) is 5.60 Å². The van der Waals surface area contributed by atoms with Gasteiger partial charge in [-0.1, -0.05) is 18.2 Å². The van der Waals surface area contributed by atoms with Crippen LogP contribution in [0, 0.1) is 0 Å². The van der Waals surface area contributed by atoms with E-state index >= 15 is 0 Å². The first kappa shape index (κ1) is 20.9. The third kappa shape index (κ3) is 3.96. The van der Waals surface area contributed by atoms with E-state index in [1.807, 2.05) is 4.90 Å². The molecule has 2 saturated carbocycles. The molecule has 1 amide bonds. The predicted octanol–water partition coefficient (Wildman–Crippen LogP) is 3.92. The number of alkyl halides is 3. The molecule has 4 nitrogen and oxygen atoms in total. The lowest BCUT2D eigenvalue weighted by Gasteiger charge is -2.40. The number of benzene rings is 1. The van der Waals surface area contributed by atoms with Crippen LogP contribution in [0.4, 0.5) is 13.2 Å². The number of rotatable bonds is 5. The van der Waals surface area contributed by atoms with Crippen LogP contribution in [0.1, 0.15) is 61.4 Å². The van der Waals surface area contributed by atoms with Crippen molar-refractivity contribution < 1.29 is 28.2 Å². The molecule has 28 heavy (non-hydrogen) atoms. The number of hydrogen-bond donors (Lipinski definition) is 2. The number of carbonyl (C=O) groups excluding carboxylic acids is 1. The van der Waals surface area contributed by atoms with Gasteiger partial charge in [0.25, 0.3) is 5.91 Å². The van der Waals surface area contributed by atoms with Gasteiger partial charge in [0.1, 0.15) is 0 Å². The second-order valence-corrected chi connectivity index (χ2v) is 8.13. The number of hydrogen-bond acceptors (Lipinski definition) is 3. The molecule has 154 valence electrons. The highest BCUT2D eigenvalue weighted by molar-refractivity contribution is 5.95.